The lowest BCUT2D eigenvalue weighted by atomic mass is 10.4. The van der Waals surface area contributed by atoms with E-state index in [-0.39, 0.29) is 4.88 Å². The summed E-state index contributed by atoms with van der Waals surface area (Å²) >= 11 is 1.11. The predicted molar refractivity (Wildman–Crippen MR) is 44.4 cm³/mol. The molecule has 6 nitrogen and oxygen atoms in total. The molecule has 0 saturated heterocycles. The highest BCUT2D eigenvalue weighted by Gasteiger charge is 2.10. The monoisotopic (exact) mass is 196 g/mol. The molecule has 0 saturated carbocycles. The van der Waals surface area contributed by atoms with Crippen molar-refractivity contribution in [2.45, 2.75) is 0 Å². The predicted octanol–water partition coefficient (Wildman–Crippen LogP) is 0.626. The third-order valence-electron chi connectivity index (χ3n) is 1.38. The largest absolute Gasteiger partial charge is 0.477 e. The van der Waals surface area contributed by atoms with E-state index < -0.39 is 5.97 Å². The van der Waals surface area contributed by atoms with Crippen LogP contribution in [0.3, 0.4) is 0 Å². The van der Waals surface area contributed by atoms with Gasteiger partial charge in [0.15, 0.2) is 0 Å². The summed E-state index contributed by atoms with van der Waals surface area (Å²) in [6.07, 6.45) is 0. The highest BCUT2D eigenvalue weighted by Crippen LogP contribution is 2.24. The van der Waals surface area contributed by atoms with Crippen LogP contribution in [0, 0.1) is 0 Å². The zero-order valence-corrected chi connectivity index (χ0v) is 7.08. The highest BCUT2D eigenvalue weighted by molar-refractivity contribution is 7.17. The molecule has 7 heteroatoms. The molecule has 0 aliphatic heterocycles. The third-order valence-corrected chi connectivity index (χ3v) is 2.45. The molecule has 0 radical (unpaired) electrons. The van der Waals surface area contributed by atoms with Crippen molar-refractivity contribution in [3.8, 4) is 10.7 Å². The van der Waals surface area contributed by atoms with E-state index in [1.54, 1.807) is 6.07 Å². The van der Waals surface area contributed by atoms with Crippen LogP contribution in [0.2, 0.25) is 0 Å². The summed E-state index contributed by atoms with van der Waals surface area (Å²) in [5, 5.41) is 21.8. The molecule has 2 rings (SSSR count). The second kappa shape index (κ2) is 2.94. The van der Waals surface area contributed by atoms with Crippen LogP contribution < -0.4 is 0 Å². The average molecular weight is 196 g/mol. The average Bonchev–Trinajstić information content (AvgIpc) is 2.75. The van der Waals surface area contributed by atoms with Crippen LogP contribution in [0.25, 0.3) is 10.7 Å². The van der Waals surface area contributed by atoms with E-state index in [9.17, 15) is 4.79 Å². The Balaban J connectivity index is 2.39. The van der Waals surface area contributed by atoms with Crippen molar-refractivity contribution in [3.05, 3.63) is 17.0 Å². The van der Waals surface area contributed by atoms with Crippen molar-refractivity contribution >= 4 is 17.3 Å². The molecule has 0 aliphatic rings. The Bertz CT molecular complexity index is 422. The molecular formula is C6H4N4O2S. The second-order valence-electron chi connectivity index (χ2n) is 2.20. The van der Waals surface area contributed by atoms with E-state index in [2.05, 4.69) is 20.6 Å². The van der Waals surface area contributed by atoms with Gasteiger partial charge in [0.2, 0.25) is 5.82 Å². The summed E-state index contributed by atoms with van der Waals surface area (Å²) in [6.45, 7) is 0. The Morgan fingerprint density at radius 3 is 2.92 bits per heavy atom. The first-order valence-electron chi connectivity index (χ1n) is 3.34. The number of carboxylic acid groups (broad SMARTS) is 1. The van der Waals surface area contributed by atoms with Crippen LogP contribution >= 0.6 is 11.3 Å². The topological polar surface area (TPSA) is 91.8 Å². The SMILES string of the molecule is O=C(O)c1ccc(-c2nn[nH]n2)s1. The van der Waals surface area contributed by atoms with E-state index in [1.165, 1.54) is 6.07 Å². The number of aromatic nitrogens is 4. The van der Waals surface area contributed by atoms with E-state index in [4.69, 9.17) is 5.11 Å². The number of carbonyl (C=O) groups is 1. The zero-order valence-electron chi connectivity index (χ0n) is 6.26. The molecule has 0 aliphatic carbocycles. The molecule has 66 valence electrons. The molecule has 2 aromatic heterocycles. The number of rotatable bonds is 2. The lowest BCUT2D eigenvalue weighted by Gasteiger charge is -1.83. The molecule has 13 heavy (non-hydrogen) atoms. The van der Waals surface area contributed by atoms with Crippen molar-refractivity contribution in [2.24, 2.45) is 0 Å². The maximum atomic E-state index is 10.5. The van der Waals surface area contributed by atoms with Gasteiger partial charge in [0, 0.05) is 0 Å². The Hall–Kier alpha value is -1.76. The number of H-pyrrole nitrogens is 1. The van der Waals surface area contributed by atoms with Crippen LogP contribution in [-0.2, 0) is 0 Å². The van der Waals surface area contributed by atoms with Crippen LogP contribution in [0.15, 0.2) is 12.1 Å². The molecular weight excluding hydrogens is 192 g/mol. The van der Waals surface area contributed by atoms with Crippen molar-refractivity contribution in [2.75, 3.05) is 0 Å². The maximum absolute atomic E-state index is 10.5. The normalized spacial score (nSPS) is 10.2. The summed E-state index contributed by atoms with van der Waals surface area (Å²) in [7, 11) is 0. The van der Waals surface area contributed by atoms with Gasteiger partial charge < -0.3 is 5.11 Å². The number of nitrogens with zero attached hydrogens (tertiary/aromatic N) is 3. The van der Waals surface area contributed by atoms with E-state index >= 15 is 0 Å². The van der Waals surface area contributed by atoms with Gasteiger partial charge in [-0.25, -0.2) is 4.79 Å². The van der Waals surface area contributed by atoms with Gasteiger partial charge in [-0.3, -0.25) is 0 Å². The first-order chi connectivity index (χ1) is 6.27. The van der Waals surface area contributed by atoms with Gasteiger partial charge in [0.25, 0.3) is 0 Å². The van der Waals surface area contributed by atoms with Crippen molar-refractivity contribution in [1.29, 1.82) is 0 Å². The number of thiophene rings is 1. The number of hydrogen-bond acceptors (Lipinski definition) is 5. The molecule has 0 unspecified atom stereocenters. The summed E-state index contributed by atoms with van der Waals surface area (Å²) in [5.74, 6) is -0.530. The Labute approximate surface area is 76.2 Å². The van der Waals surface area contributed by atoms with Crippen LogP contribution in [0.1, 0.15) is 9.67 Å². The zero-order chi connectivity index (χ0) is 9.26. The number of nitrogens with one attached hydrogen (secondary N) is 1. The minimum atomic E-state index is -0.945. The van der Waals surface area contributed by atoms with Gasteiger partial charge in [-0.15, -0.1) is 21.5 Å². The number of aromatic carboxylic acids is 1. The lowest BCUT2D eigenvalue weighted by molar-refractivity contribution is 0.0702. The quantitative estimate of drug-likeness (QED) is 0.734. The molecule has 0 atom stereocenters. The summed E-state index contributed by atoms with van der Waals surface area (Å²) in [6, 6.07) is 3.16. The molecule has 0 spiro atoms. The summed E-state index contributed by atoms with van der Waals surface area (Å²) < 4.78 is 0. The molecule has 0 amide bonds. The van der Waals surface area contributed by atoms with Gasteiger partial charge in [-0.2, -0.15) is 5.21 Å². The fraction of sp³-hybridized carbons (Fsp3) is 0. The number of hydrogen-bond donors (Lipinski definition) is 2. The first kappa shape index (κ1) is 7.87. The van der Waals surface area contributed by atoms with Crippen LogP contribution in [0.4, 0.5) is 0 Å². The van der Waals surface area contributed by atoms with Gasteiger partial charge in [-0.05, 0) is 17.3 Å². The minimum absolute atomic E-state index is 0.264. The fourth-order valence-electron chi connectivity index (χ4n) is 0.839. The molecule has 2 N–H and O–H groups in total. The van der Waals surface area contributed by atoms with Gasteiger partial charge >= 0.3 is 5.97 Å². The lowest BCUT2D eigenvalue weighted by Crippen LogP contribution is -1.89. The van der Waals surface area contributed by atoms with Gasteiger partial charge in [-0.1, -0.05) is 0 Å². The number of carboxylic acids is 1. The van der Waals surface area contributed by atoms with Gasteiger partial charge in [0.05, 0.1) is 4.88 Å². The van der Waals surface area contributed by atoms with Crippen LogP contribution in [-0.4, -0.2) is 31.7 Å². The minimum Gasteiger partial charge on any atom is -0.477 e. The Morgan fingerprint density at radius 2 is 2.38 bits per heavy atom. The summed E-state index contributed by atoms with van der Waals surface area (Å²) in [4.78, 5) is 11.5. The smallest absolute Gasteiger partial charge is 0.345 e. The highest BCUT2D eigenvalue weighted by atomic mass is 32.1. The Morgan fingerprint density at radius 1 is 1.54 bits per heavy atom. The third kappa shape index (κ3) is 1.41. The van der Waals surface area contributed by atoms with Gasteiger partial charge in [0.1, 0.15) is 4.88 Å². The van der Waals surface area contributed by atoms with E-state index in [0.29, 0.717) is 10.7 Å². The van der Waals surface area contributed by atoms with E-state index in [0.717, 1.165) is 11.3 Å². The molecule has 0 fully saturated rings. The standard InChI is InChI=1S/C6H4N4O2S/c11-6(12)4-2-1-3(13-4)5-7-9-10-8-5/h1-2H,(H,11,12)(H,7,8,9,10). The van der Waals surface area contributed by atoms with Crippen molar-refractivity contribution in [3.63, 3.8) is 0 Å². The maximum Gasteiger partial charge on any atom is 0.345 e. The molecule has 2 heterocycles. The number of tetrazole rings is 1. The van der Waals surface area contributed by atoms with Crippen molar-refractivity contribution < 1.29 is 9.90 Å². The number of aromatic amines is 1. The van der Waals surface area contributed by atoms with E-state index in [1.807, 2.05) is 0 Å². The Kier molecular flexibility index (Phi) is 1.78. The second-order valence-corrected chi connectivity index (χ2v) is 3.29. The molecule has 2 aromatic rings. The van der Waals surface area contributed by atoms with Crippen LogP contribution in [0.5, 0.6) is 0 Å². The molecule has 0 bridgehead atoms. The molecule has 0 aromatic carbocycles. The summed E-state index contributed by atoms with van der Waals surface area (Å²) in [5.41, 5.74) is 0. The first-order valence-corrected chi connectivity index (χ1v) is 4.16. The fourth-order valence-corrected chi connectivity index (χ4v) is 1.61. The van der Waals surface area contributed by atoms with Crippen molar-refractivity contribution in [1.82, 2.24) is 20.6 Å².